The van der Waals surface area contributed by atoms with E-state index in [0.29, 0.717) is 30.4 Å². The molecule has 1 amide bonds. The molecule has 1 aliphatic rings. The number of anilines is 2. The highest BCUT2D eigenvalue weighted by atomic mass is 16.2. The Morgan fingerprint density at radius 3 is 2.52 bits per heavy atom. The van der Waals surface area contributed by atoms with Gasteiger partial charge in [-0.15, -0.1) is 0 Å². The van der Waals surface area contributed by atoms with E-state index in [-0.39, 0.29) is 5.91 Å². The minimum Gasteiger partial charge on any atom is -0.340 e. The summed E-state index contributed by atoms with van der Waals surface area (Å²) >= 11 is 0. The van der Waals surface area contributed by atoms with Crippen LogP contribution in [-0.4, -0.2) is 27.3 Å². The van der Waals surface area contributed by atoms with Gasteiger partial charge in [0.25, 0.3) is 5.91 Å². The largest absolute Gasteiger partial charge is 0.340 e. The Morgan fingerprint density at radius 1 is 1.00 bits per heavy atom. The fourth-order valence-corrected chi connectivity index (χ4v) is 3.36. The molecule has 0 spiro atoms. The summed E-state index contributed by atoms with van der Waals surface area (Å²) in [5.41, 5.74) is 5.09. The van der Waals surface area contributed by atoms with Crippen LogP contribution in [0.4, 0.5) is 11.5 Å². The number of nitrogens with one attached hydrogen (secondary N) is 1. The quantitative estimate of drug-likeness (QED) is 0.768. The molecule has 27 heavy (non-hydrogen) atoms. The molecule has 1 N–H and O–H groups in total. The number of benzene rings is 2. The zero-order chi connectivity index (χ0) is 18.8. The van der Waals surface area contributed by atoms with E-state index in [0.717, 1.165) is 12.1 Å². The minimum atomic E-state index is -0.0537. The molecule has 5 nitrogen and oxygen atoms in total. The van der Waals surface area contributed by atoms with E-state index in [2.05, 4.69) is 27.4 Å². The number of aryl methyl sites for hydroxylation is 2. The van der Waals surface area contributed by atoms with E-state index in [1.807, 2.05) is 55.1 Å². The third-order valence-corrected chi connectivity index (χ3v) is 4.80. The molecule has 0 atom stereocenters. The first-order valence-electron chi connectivity index (χ1n) is 9.14. The lowest BCUT2D eigenvalue weighted by Gasteiger charge is -2.28. The molecule has 0 radical (unpaired) electrons. The Kier molecular flexibility index (Phi) is 4.59. The Morgan fingerprint density at radius 2 is 1.74 bits per heavy atom. The molecular formula is C22H22N4O. The average molecular weight is 358 g/mol. The van der Waals surface area contributed by atoms with Crippen molar-refractivity contribution in [3.05, 3.63) is 82.8 Å². The first-order chi connectivity index (χ1) is 13.1. The predicted octanol–water partition coefficient (Wildman–Crippen LogP) is 4.04. The third kappa shape index (κ3) is 3.82. The molecule has 2 heterocycles. The van der Waals surface area contributed by atoms with Crippen molar-refractivity contribution in [2.75, 3.05) is 11.9 Å². The predicted molar refractivity (Wildman–Crippen MR) is 106 cm³/mol. The molecule has 3 aromatic rings. The number of fused-ring (bicyclic) bond motifs is 1. The van der Waals surface area contributed by atoms with E-state index in [9.17, 15) is 4.79 Å². The number of aromatic nitrogens is 2. The fourth-order valence-electron chi connectivity index (χ4n) is 3.36. The topological polar surface area (TPSA) is 58.1 Å². The number of carbonyl (C=O) groups excluding carboxylic acids is 1. The van der Waals surface area contributed by atoms with Gasteiger partial charge in [-0.2, -0.15) is 0 Å². The van der Waals surface area contributed by atoms with Crippen molar-refractivity contribution in [2.24, 2.45) is 0 Å². The van der Waals surface area contributed by atoms with Gasteiger partial charge in [-0.25, -0.2) is 9.97 Å². The molecule has 4 rings (SSSR count). The van der Waals surface area contributed by atoms with Crippen molar-refractivity contribution >= 4 is 17.4 Å². The van der Waals surface area contributed by atoms with Gasteiger partial charge in [0, 0.05) is 24.8 Å². The summed E-state index contributed by atoms with van der Waals surface area (Å²) in [6, 6.07) is 18.1. The highest BCUT2D eigenvalue weighted by Crippen LogP contribution is 2.21. The number of rotatable bonds is 3. The number of hydrogen-bond acceptors (Lipinski definition) is 4. The van der Waals surface area contributed by atoms with Crippen LogP contribution in [-0.2, 0) is 13.0 Å². The van der Waals surface area contributed by atoms with Crippen molar-refractivity contribution in [1.82, 2.24) is 14.9 Å². The lowest BCUT2D eigenvalue weighted by molar-refractivity contribution is 0.0728. The van der Waals surface area contributed by atoms with Crippen LogP contribution in [0.5, 0.6) is 0 Å². The Hall–Kier alpha value is -3.21. The van der Waals surface area contributed by atoms with Crippen LogP contribution >= 0.6 is 0 Å². The molecule has 0 saturated heterocycles. The molecule has 0 aliphatic carbocycles. The van der Waals surface area contributed by atoms with E-state index < -0.39 is 0 Å². The van der Waals surface area contributed by atoms with Gasteiger partial charge in [0.15, 0.2) is 0 Å². The first-order valence-corrected chi connectivity index (χ1v) is 9.14. The second kappa shape index (κ2) is 7.19. The Bertz CT molecular complexity index is 982. The summed E-state index contributed by atoms with van der Waals surface area (Å²) in [6.07, 6.45) is 0.875. The number of hydrogen-bond donors (Lipinski definition) is 1. The van der Waals surface area contributed by atoms with Crippen LogP contribution in [0.15, 0.2) is 54.6 Å². The number of nitrogens with zero attached hydrogens (tertiary/aromatic N) is 3. The summed E-state index contributed by atoms with van der Waals surface area (Å²) in [7, 11) is 0. The number of carbonyl (C=O) groups is 1. The summed E-state index contributed by atoms with van der Waals surface area (Å²) in [5, 5.41) is 3.26. The second-order valence-electron chi connectivity index (χ2n) is 6.92. The smallest absolute Gasteiger partial charge is 0.272 e. The van der Waals surface area contributed by atoms with Crippen LogP contribution in [0.2, 0.25) is 0 Å². The van der Waals surface area contributed by atoms with Gasteiger partial charge in [-0.3, -0.25) is 4.79 Å². The molecule has 5 heteroatoms. The van der Waals surface area contributed by atoms with E-state index in [1.165, 1.54) is 16.7 Å². The van der Waals surface area contributed by atoms with Crippen LogP contribution < -0.4 is 5.32 Å². The molecule has 0 bridgehead atoms. The highest BCUT2D eigenvalue weighted by molar-refractivity contribution is 5.93. The third-order valence-electron chi connectivity index (χ3n) is 4.80. The lowest BCUT2D eigenvalue weighted by atomic mass is 10.00. The molecule has 0 saturated carbocycles. The zero-order valence-electron chi connectivity index (χ0n) is 15.6. The van der Waals surface area contributed by atoms with Crippen molar-refractivity contribution in [3.63, 3.8) is 0 Å². The van der Waals surface area contributed by atoms with Gasteiger partial charge >= 0.3 is 0 Å². The van der Waals surface area contributed by atoms with E-state index in [1.54, 1.807) is 6.07 Å². The molecule has 1 aliphatic heterocycles. The van der Waals surface area contributed by atoms with Crippen LogP contribution in [0.1, 0.15) is 33.0 Å². The SMILES string of the molecule is Cc1ccc(Nc2cc(C(=O)N3CCc4ccccc4C3)nc(C)n2)cc1. The zero-order valence-corrected chi connectivity index (χ0v) is 15.6. The molecule has 136 valence electrons. The summed E-state index contributed by atoms with van der Waals surface area (Å²) < 4.78 is 0. The van der Waals surface area contributed by atoms with Crippen LogP contribution in [0.25, 0.3) is 0 Å². The lowest BCUT2D eigenvalue weighted by Crippen LogP contribution is -2.36. The molecule has 0 unspecified atom stereocenters. The maximum Gasteiger partial charge on any atom is 0.272 e. The maximum absolute atomic E-state index is 13.0. The normalized spacial score (nSPS) is 13.2. The number of amides is 1. The average Bonchev–Trinajstić information content (AvgIpc) is 2.68. The first kappa shape index (κ1) is 17.2. The summed E-state index contributed by atoms with van der Waals surface area (Å²) in [4.78, 5) is 23.7. The van der Waals surface area contributed by atoms with E-state index in [4.69, 9.17) is 0 Å². The molecular weight excluding hydrogens is 336 g/mol. The van der Waals surface area contributed by atoms with Gasteiger partial charge in [0.2, 0.25) is 0 Å². The monoisotopic (exact) mass is 358 g/mol. The Balaban J connectivity index is 1.56. The molecule has 0 fully saturated rings. The van der Waals surface area contributed by atoms with Crippen molar-refractivity contribution < 1.29 is 4.79 Å². The van der Waals surface area contributed by atoms with Gasteiger partial charge in [0.05, 0.1) is 0 Å². The molecule has 2 aromatic carbocycles. The van der Waals surface area contributed by atoms with Crippen molar-refractivity contribution in [1.29, 1.82) is 0 Å². The highest BCUT2D eigenvalue weighted by Gasteiger charge is 2.23. The van der Waals surface area contributed by atoms with Crippen molar-refractivity contribution in [2.45, 2.75) is 26.8 Å². The van der Waals surface area contributed by atoms with Crippen LogP contribution in [0, 0.1) is 13.8 Å². The minimum absolute atomic E-state index is 0.0537. The van der Waals surface area contributed by atoms with Crippen LogP contribution in [0.3, 0.4) is 0 Å². The fraction of sp³-hybridized carbons (Fsp3) is 0.227. The standard InChI is InChI=1S/C22H22N4O/c1-15-7-9-19(10-8-15)25-21-13-20(23-16(2)24-21)22(27)26-12-11-17-5-3-4-6-18(17)14-26/h3-10,13H,11-12,14H2,1-2H3,(H,23,24,25). The van der Waals surface area contributed by atoms with Crippen molar-refractivity contribution in [3.8, 4) is 0 Å². The Labute approximate surface area is 159 Å². The summed E-state index contributed by atoms with van der Waals surface area (Å²) in [5.74, 6) is 1.15. The van der Waals surface area contributed by atoms with Gasteiger partial charge < -0.3 is 10.2 Å². The van der Waals surface area contributed by atoms with Gasteiger partial charge in [-0.05, 0) is 43.5 Å². The van der Waals surface area contributed by atoms with Gasteiger partial charge in [0.1, 0.15) is 17.3 Å². The molecule has 1 aromatic heterocycles. The van der Waals surface area contributed by atoms with Gasteiger partial charge in [-0.1, -0.05) is 42.0 Å². The summed E-state index contributed by atoms with van der Waals surface area (Å²) in [6.45, 7) is 5.19. The van der Waals surface area contributed by atoms with E-state index >= 15 is 0 Å². The second-order valence-corrected chi connectivity index (χ2v) is 6.92. The maximum atomic E-state index is 13.0.